The van der Waals surface area contributed by atoms with Gasteiger partial charge in [0.2, 0.25) is 0 Å². The maximum atomic E-state index is 11.0. The summed E-state index contributed by atoms with van der Waals surface area (Å²) in [6.07, 6.45) is 4.40. The zero-order valence-electron chi connectivity index (χ0n) is 7.28. The molecule has 0 aromatic rings. The Bertz CT molecular complexity index is 275. The van der Waals surface area contributed by atoms with Crippen molar-refractivity contribution < 1.29 is 19.1 Å². The fourth-order valence-corrected chi connectivity index (χ4v) is 0.815. The number of esters is 1. The molecule has 0 amide bonds. The second-order valence-electron chi connectivity index (χ2n) is 2.60. The van der Waals surface area contributed by atoms with E-state index in [1.54, 1.807) is 6.08 Å². The standard InChI is InChI=1S/C9H10O4/c1-7(10)6-9(11)13-8-2-4-12-5-3-8/h2-4H,5-6H2,1H3. The normalized spacial score (nSPS) is 14.4. The molecule has 0 atom stereocenters. The summed E-state index contributed by atoms with van der Waals surface area (Å²) in [7, 11) is 0. The van der Waals surface area contributed by atoms with Crippen LogP contribution in [0.3, 0.4) is 0 Å². The van der Waals surface area contributed by atoms with Crippen LogP contribution in [0.2, 0.25) is 0 Å². The molecule has 13 heavy (non-hydrogen) atoms. The lowest BCUT2D eigenvalue weighted by Gasteiger charge is -2.07. The Balaban J connectivity index is 2.40. The lowest BCUT2D eigenvalue weighted by molar-refractivity contribution is -0.141. The van der Waals surface area contributed by atoms with Crippen LogP contribution in [0.4, 0.5) is 0 Å². The van der Waals surface area contributed by atoms with Crippen molar-refractivity contribution in [3.05, 3.63) is 24.2 Å². The number of rotatable bonds is 3. The average molecular weight is 182 g/mol. The minimum atomic E-state index is -0.537. The summed E-state index contributed by atoms with van der Waals surface area (Å²) in [5, 5.41) is 0. The van der Waals surface area contributed by atoms with E-state index in [4.69, 9.17) is 9.47 Å². The summed E-state index contributed by atoms with van der Waals surface area (Å²) in [5.74, 6) is -0.315. The highest BCUT2D eigenvalue weighted by molar-refractivity contribution is 5.94. The van der Waals surface area contributed by atoms with Gasteiger partial charge in [0.15, 0.2) is 0 Å². The molecule has 70 valence electrons. The second-order valence-corrected chi connectivity index (χ2v) is 2.60. The van der Waals surface area contributed by atoms with Crippen LogP contribution in [0, 0.1) is 0 Å². The highest BCUT2D eigenvalue weighted by Gasteiger charge is 2.09. The Labute approximate surface area is 75.8 Å². The van der Waals surface area contributed by atoms with Gasteiger partial charge >= 0.3 is 5.97 Å². The van der Waals surface area contributed by atoms with E-state index < -0.39 is 5.97 Å². The first-order valence-electron chi connectivity index (χ1n) is 3.87. The molecule has 1 heterocycles. The summed E-state index contributed by atoms with van der Waals surface area (Å²) in [6, 6.07) is 0. The Morgan fingerprint density at radius 2 is 2.38 bits per heavy atom. The maximum Gasteiger partial charge on any atom is 0.318 e. The third-order valence-electron chi connectivity index (χ3n) is 1.33. The first kappa shape index (κ1) is 9.51. The molecule has 0 aromatic carbocycles. The fraction of sp³-hybridized carbons (Fsp3) is 0.333. The van der Waals surface area contributed by atoms with Gasteiger partial charge in [-0.3, -0.25) is 9.59 Å². The van der Waals surface area contributed by atoms with E-state index in [9.17, 15) is 9.59 Å². The van der Waals surface area contributed by atoms with Gasteiger partial charge in [-0.25, -0.2) is 0 Å². The second kappa shape index (κ2) is 4.45. The molecule has 4 nitrogen and oxygen atoms in total. The van der Waals surface area contributed by atoms with Gasteiger partial charge in [0.05, 0.1) is 6.26 Å². The van der Waals surface area contributed by atoms with Gasteiger partial charge in [-0.05, 0) is 13.0 Å². The van der Waals surface area contributed by atoms with Crippen molar-refractivity contribution in [3.8, 4) is 0 Å². The third kappa shape index (κ3) is 3.55. The SMILES string of the molecule is CC(=O)CC(=O)OC1=CCOC=C1. The molecule has 1 aliphatic rings. The van der Waals surface area contributed by atoms with Crippen LogP contribution >= 0.6 is 0 Å². The van der Waals surface area contributed by atoms with Crippen molar-refractivity contribution in [3.63, 3.8) is 0 Å². The van der Waals surface area contributed by atoms with E-state index in [0.29, 0.717) is 12.4 Å². The smallest absolute Gasteiger partial charge is 0.318 e. The summed E-state index contributed by atoms with van der Waals surface area (Å²) in [4.78, 5) is 21.5. The van der Waals surface area contributed by atoms with Crippen LogP contribution in [0.25, 0.3) is 0 Å². The number of carbonyl (C=O) groups is 2. The highest BCUT2D eigenvalue weighted by Crippen LogP contribution is 2.06. The number of hydrogen-bond donors (Lipinski definition) is 0. The lowest BCUT2D eigenvalue weighted by Crippen LogP contribution is -2.09. The molecule has 0 saturated heterocycles. The Morgan fingerprint density at radius 1 is 1.62 bits per heavy atom. The van der Waals surface area contributed by atoms with Crippen molar-refractivity contribution in [2.24, 2.45) is 0 Å². The predicted octanol–water partition coefficient (Wildman–Crippen LogP) is 0.936. The minimum Gasteiger partial charge on any atom is -0.497 e. The van der Waals surface area contributed by atoms with Gasteiger partial charge in [0, 0.05) is 6.08 Å². The molecule has 0 spiro atoms. The van der Waals surface area contributed by atoms with Crippen LogP contribution in [0.1, 0.15) is 13.3 Å². The topological polar surface area (TPSA) is 52.6 Å². The van der Waals surface area contributed by atoms with Crippen LogP contribution in [0.15, 0.2) is 24.2 Å². The zero-order valence-corrected chi connectivity index (χ0v) is 7.28. The first-order chi connectivity index (χ1) is 6.18. The number of Topliss-reactive ketones (excluding diaryl/α,β-unsaturated/α-hetero) is 1. The Kier molecular flexibility index (Phi) is 3.25. The highest BCUT2D eigenvalue weighted by atomic mass is 16.5. The summed E-state index contributed by atoms with van der Waals surface area (Å²) < 4.78 is 9.68. The summed E-state index contributed by atoms with van der Waals surface area (Å²) in [5.41, 5.74) is 0. The molecule has 0 saturated carbocycles. The molecule has 0 N–H and O–H groups in total. The predicted molar refractivity (Wildman–Crippen MR) is 44.6 cm³/mol. The molecule has 0 unspecified atom stereocenters. The zero-order chi connectivity index (χ0) is 9.68. The molecule has 0 aromatic heterocycles. The minimum absolute atomic E-state index is 0.188. The van der Waals surface area contributed by atoms with Gasteiger partial charge in [-0.2, -0.15) is 0 Å². The van der Waals surface area contributed by atoms with E-state index in [1.165, 1.54) is 19.3 Å². The van der Waals surface area contributed by atoms with Crippen molar-refractivity contribution in [1.29, 1.82) is 0 Å². The van der Waals surface area contributed by atoms with Gasteiger partial charge < -0.3 is 9.47 Å². The van der Waals surface area contributed by atoms with E-state index >= 15 is 0 Å². The number of ketones is 1. The van der Waals surface area contributed by atoms with E-state index in [-0.39, 0.29) is 12.2 Å². The van der Waals surface area contributed by atoms with Crippen molar-refractivity contribution in [1.82, 2.24) is 0 Å². The summed E-state index contributed by atoms with van der Waals surface area (Å²) >= 11 is 0. The quantitative estimate of drug-likeness (QED) is 0.481. The third-order valence-corrected chi connectivity index (χ3v) is 1.33. The fourth-order valence-electron chi connectivity index (χ4n) is 0.815. The van der Waals surface area contributed by atoms with Crippen LogP contribution in [0.5, 0.6) is 0 Å². The molecular weight excluding hydrogens is 172 g/mol. The molecule has 0 fully saturated rings. The molecule has 0 aliphatic carbocycles. The molecule has 1 rings (SSSR count). The number of ether oxygens (including phenoxy) is 2. The van der Waals surface area contributed by atoms with Gasteiger partial charge in [-0.1, -0.05) is 0 Å². The van der Waals surface area contributed by atoms with Crippen molar-refractivity contribution >= 4 is 11.8 Å². The van der Waals surface area contributed by atoms with Crippen LogP contribution in [-0.4, -0.2) is 18.4 Å². The Morgan fingerprint density at radius 3 is 2.92 bits per heavy atom. The van der Waals surface area contributed by atoms with Crippen LogP contribution in [-0.2, 0) is 19.1 Å². The maximum absolute atomic E-state index is 11.0. The molecular formula is C9H10O4. The molecule has 4 heteroatoms. The molecule has 1 aliphatic heterocycles. The lowest BCUT2D eigenvalue weighted by atomic mass is 10.3. The van der Waals surface area contributed by atoms with E-state index in [2.05, 4.69) is 0 Å². The monoisotopic (exact) mass is 182 g/mol. The van der Waals surface area contributed by atoms with Gasteiger partial charge in [0.25, 0.3) is 0 Å². The average Bonchev–Trinajstić information content (AvgIpc) is 2.04. The van der Waals surface area contributed by atoms with Gasteiger partial charge in [0.1, 0.15) is 24.6 Å². The molecule has 0 radical (unpaired) electrons. The number of allylic oxidation sites excluding steroid dienone is 1. The van der Waals surface area contributed by atoms with Crippen molar-refractivity contribution in [2.75, 3.05) is 6.61 Å². The van der Waals surface area contributed by atoms with E-state index in [1.807, 2.05) is 0 Å². The first-order valence-corrected chi connectivity index (χ1v) is 3.87. The summed E-state index contributed by atoms with van der Waals surface area (Å²) in [6.45, 7) is 1.73. The number of carbonyl (C=O) groups excluding carboxylic acids is 2. The Hall–Kier alpha value is -1.58. The van der Waals surface area contributed by atoms with Gasteiger partial charge in [-0.15, -0.1) is 0 Å². The van der Waals surface area contributed by atoms with Crippen LogP contribution < -0.4 is 0 Å². The number of hydrogen-bond acceptors (Lipinski definition) is 4. The van der Waals surface area contributed by atoms with Crippen molar-refractivity contribution in [2.45, 2.75) is 13.3 Å². The molecule has 0 bridgehead atoms. The largest absolute Gasteiger partial charge is 0.497 e. The van der Waals surface area contributed by atoms with E-state index in [0.717, 1.165) is 0 Å².